The minimum absolute atomic E-state index is 0.284. The van der Waals surface area contributed by atoms with Gasteiger partial charge in [0.15, 0.2) is 0 Å². The van der Waals surface area contributed by atoms with E-state index in [9.17, 15) is 0 Å². The Morgan fingerprint density at radius 2 is 2.10 bits per heavy atom. The van der Waals surface area contributed by atoms with E-state index in [-0.39, 0.29) is 5.54 Å². The van der Waals surface area contributed by atoms with E-state index in [0.717, 1.165) is 26.1 Å². The molecule has 0 amide bonds. The highest BCUT2D eigenvalue weighted by molar-refractivity contribution is 5.16. The Morgan fingerprint density at radius 3 is 2.75 bits per heavy atom. The zero-order chi connectivity index (χ0) is 14.4. The van der Waals surface area contributed by atoms with Crippen LogP contribution in [0.15, 0.2) is 42.5 Å². The highest BCUT2D eigenvalue weighted by Crippen LogP contribution is 2.23. The summed E-state index contributed by atoms with van der Waals surface area (Å²) in [7, 11) is 0. The molecule has 1 aliphatic heterocycles. The van der Waals surface area contributed by atoms with Gasteiger partial charge in [0.05, 0.1) is 0 Å². The smallest absolute Gasteiger partial charge is 0.0307 e. The van der Waals surface area contributed by atoms with Gasteiger partial charge in [-0.3, -0.25) is 4.90 Å². The van der Waals surface area contributed by atoms with E-state index >= 15 is 0 Å². The fourth-order valence-electron chi connectivity index (χ4n) is 2.94. The van der Waals surface area contributed by atoms with Crippen molar-refractivity contribution in [3.63, 3.8) is 0 Å². The maximum Gasteiger partial charge on any atom is 0.0307 e. The van der Waals surface area contributed by atoms with E-state index in [1.54, 1.807) is 0 Å². The standard InChI is InChI=1S/C18H28N2/c1-4-6-12-20-14-17(19-15-18(20,3)5-2)13-16-10-8-7-9-11-16/h4,6-11,17,19H,5,12-15H2,1-3H3/b6-4+. The third-order valence-corrected chi connectivity index (χ3v) is 4.62. The molecule has 0 bridgehead atoms. The summed E-state index contributed by atoms with van der Waals surface area (Å²) in [5.74, 6) is 0. The molecular weight excluding hydrogens is 244 g/mol. The lowest BCUT2D eigenvalue weighted by Gasteiger charge is -2.47. The maximum atomic E-state index is 3.75. The molecule has 1 saturated heterocycles. The van der Waals surface area contributed by atoms with Crippen molar-refractivity contribution in [2.45, 2.75) is 45.2 Å². The van der Waals surface area contributed by atoms with E-state index in [1.807, 2.05) is 0 Å². The van der Waals surface area contributed by atoms with Crippen molar-refractivity contribution < 1.29 is 0 Å². The molecule has 1 aliphatic rings. The number of benzene rings is 1. The first-order valence-electron chi connectivity index (χ1n) is 7.81. The average Bonchev–Trinajstić information content (AvgIpc) is 2.49. The fourth-order valence-corrected chi connectivity index (χ4v) is 2.94. The largest absolute Gasteiger partial charge is 0.311 e. The Balaban J connectivity index is 2.01. The predicted molar refractivity (Wildman–Crippen MR) is 87.0 cm³/mol. The number of rotatable bonds is 5. The number of hydrogen-bond acceptors (Lipinski definition) is 2. The molecule has 1 fully saturated rings. The summed E-state index contributed by atoms with van der Waals surface area (Å²) < 4.78 is 0. The van der Waals surface area contributed by atoms with E-state index in [4.69, 9.17) is 0 Å². The second-order valence-electron chi connectivity index (χ2n) is 6.09. The molecule has 0 aromatic heterocycles. The van der Waals surface area contributed by atoms with Gasteiger partial charge in [0, 0.05) is 31.2 Å². The molecule has 0 saturated carbocycles. The van der Waals surface area contributed by atoms with Crippen molar-refractivity contribution in [2.75, 3.05) is 19.6 Å². The number of allylic oxidation sites excluding steroid dienone is 1. The number of piperazine rings is 1. The number of hydrogen-bond donors (Lipinski definition) is 1. The summed E-state index contributed by atoms with van der Waals surface area (Å²) >= 11 is 0. The van der Waals surface area contributed by atoms with Gasteiger partial charge >= 0.3 is 0 Å². The second kappa shape index (κ2) is 7.05. The molecular formula is C18H28N2. The van der Waals surface area contributed by atoms with E-state index in [0.29, 0.717) is 6.04 Å². The van der Waals surface area contributed by atoms with Gasteiger partial charge in [-0.15, -0.1) is 0 Å². The van der Waals surface area contributed by atoms with Crippen LogP contribution in [-0.4, -0.2) is 36.1 Å². The van der Waals surface area contributed by atoms with Crippen molar-refractivity contribution in [1.82, 2.24) is 10.2 Å². The molecule has 20 heavy (non-hydrogen) atoms. The first kappa shape index (κ1) is 15.3. The topological polar surface area (TPSA) is 15.3 Å². The Morgan fingerprint density at radius 1 is 1.35 bits per heavy atom. The molecule has 2 nitrogen and oxygen atoms in total. The quantitative estimate of drug-likeness (QED) is 0.828. The van der Waals surface area contributed by atoms with Crippen LogP contribution >= 0.6 is 0 Å². The van der Waals surface area contributed by atoms with Gasteiger partial charge in [-0.05, 0) is 32.3 Å². The molecule has 0 aliphatic carbocycles. The Hall–Kier alpha value is -1.12. The van der Waals surface area contributed by atoms with Crippen LogP contribution in [0.3, 0.4) is 0 Å². The summed E-state index contributed by atoms with van der Waals surface area (Å²) in [5.41, 5.74) is 1.71. The van der Waals surface area contributed by atoms with Crippen LogP contribution < -0.4 is 5.32 Å². The van der Waals surface area contributed by atoms with Crippen LogP contribution in [0.4, 0.5) is 0 Å². The number of nitrogens with zero attached hydrogens (tertiary/aromatic N) is 1. The van der Waals surface area contributed by atoms with Crippen molar-refractivity contribution in [1.29, 1.82) is 0 Å². The first-order valence-corrected chi connectivity index (χ1v) is 7.81. The van der Waals surface area contributed by atoms with Crippen LogP contribution in [0.1, 0.15) is 32.8 Å². The molecule has 1 heterocycles. The van der Waals surface area contributed by atoms with Gasteiger partial charge in [-0.2, -0.15) is 0 Å². The third kappa shape index (κ3) is 3.71. The van der Waals surface area contributed by atoms with Gasteiger partial charge in [0.25, 0.3) is 0 Å². The van der Waals surface area contributed by atoms with Crippen LogP contribution in [0.5, 0.6) is 0 Å². The molecule has 2 unspecified atom stereocenters. The number of nitrogens with one attached hydrogen (secondary N) is 1. The zero-order valence-electron chi connectivity index (χ0n) is 13.1. The summed E-state index contributed by atoms with van der Waals surface area (Å²) in [6.07, 6.45) is 6.74. The monoisotopic (exact) mass is 272 g/mol. The van der Waals surface area contributed by atoms with Gasteiger partial charge in [0.1, 0.15) is 0 Å². The molecule has 0 radical (unpaired) electrons. The van der Waals surface area contributed by atoms with Crippen LogP contribution in [0, 0.1) is 0 Å². The average molecular weight is 272 g/mol. The van der Waals surface area contributed by atoms with Crippen molar-refractivity contribution in [3.8, 4) is 0 Å². The lowest BCUT2D eigenvalue weighted by Crippen LogP contribution is -2.63. The zero-order valence-corrected chi connectivity index (χ0v) is 13.1. The fraction of sp³-hybridized carbons (Fsp3) is 0.556. The minimum Gasteiger partial charge on any atom is -0.311 e. The molecule has 1 N–H and O–H groups in total. The van der Waals surface area contributed by atoms with Crippen LogP contribution in [-0.2, 0) is 6.42 Å². The summed E-state index contributed by atoms with van der Waals surface area (Å²) in [6.45, 7) is 10.0. The third-order valence-electron chi connectivity index (χ3n) is 4.62. The van der Waals surface area contributed by atoms with E-state index in [1.165, 1.54) is 12.0 Å². The highest BCUT2D eigenvalue weighted by Gasteiger charge is 2.35. The molecule has 2 heteroatoms. The van der Waals surface area contributed by atoms with Gasteiger partial charge in [-0.25, -0.2) is 0 Å². The van der Waals surface area contributed by atoms with Gasteiger partial charge in [-0.1, -0.05) is 49.4 Å². The molecule has 1 aromatic rings. The molecule has 2 atom stereocenters. The Bertz CT molecular complexity index is 426. The maximum absolute atomic E-state index is 3.75. The van der Waals surface area contributed by atoms with Crippen molar-refractivity contribution in [3.05, 3.63) is 48.0 Å². The lowest BCUT2D eigenvalue weighted by atomic mass is 9.90. The molecule has 0 spiro atoms. The summed E-state index contributed by atoms with van der Waals surface area (Å²) in [5, 5.41) is 3.75. The Labute approximate surface area is 123 Å². The predicted octanol–water partition coefficient (Wildman–Crippen LogP) is 3.25. The van der Waals surface area contributed by atoms with Gasteiger partial charge < -0.3 is 5.32 Å². The second-order valence-corrected chi connectivity index (χ2v) is 6.09. The molecule has 110 valence electrons. The van der Waals surface area contributed by atoms with Crippen molar-refractivity contribution in [2.24, 2.45) is 0 Å². The van der Waals surface area contributed by atoms with E-state index in [2.05, 4.69) is 73.5 Å². The Kier molecular flexibility index (Phi) is 5.38. The van der Waals surface area contributed by atoms with Crippen LogP contribution in [0.2, 0.25) is 0 Å². The summed E-state index contributed by atoms with van der Waals surface area (Å²) in [6, 6.07) is 11.4. The molecule has 2 rings (SSSR count). The highest BCUT2D eigenvalue weighted by atomic mass is 15.3. The van der Waals surface area contributed by atoms with E-state index < -0.39 is 0 Å². The lowest BCUT2D eigenvalue weighted by molar-refractivity contribution is 0.0605. The van der Waals surface area contributed by atoms with Crippen LogP contribution in [0.25, 0.3) is 0 Å². The minimum atomic E-state index is 0.284. The normalized spacial score (nSPS) is 28.1. The summed E-state index contributed by atoms with van der Waals surface area (Å²) in [4.78, 5) is 2.64. The van der Waals surface area contributed by atoms with Gasteiger partial charge in [0.2, 0.25) is 0 Å². The van der Waals surface area contributed by atoms with Crippen molar-refractivity contribution >= 4 is 0 Å². The SMILES string of the molecule is C/C=C/CN1CC(Cc2ccccc2)NCC1(C)CC. The first-order chi connectivity index (χ1) is 9.68. The molecule has 1 aromatic carbocycles.